The largest absolute Gasteiger partial charge is 0.436 e. The van der Waals surface area contributed by atoms with E-state index in [-0.39, 0.29) is 5.91 Å². The summed E-state index contributed by atoms with van der Waals surface area (Å²) in [4.78, 5) is 17.7. The molecule has 1 saturated carbocycles. The maximum atomic E-state index is 13.1. The fourth-order valence-electron chi connectivity index (χ4n) is 3.79. The molecule has 156 valence electrons. The average molecular weight is 420 g/mol. The maximum Gasteiger partial charge on any atom is 0.274 e. The molecule has 5 aromatic rings. The van der Waals surface area contributed by atoms with Gasteiger partial charge in [0.2, 0.25) is 5.89 Å². The molecular weight excluding hydrogens is 400 g/mol. The third-order valence-electron chi connectivity index (χ3n) is 5.64. The Balaban J connectivity index is 1.26. The number of oxazole rings is 1. The summed E-state index contributed by atoms with van der Waals surface area (Å²) in [6.07, 6.45) is 2.26. The van der Waals surface area contributed by atoms with Crippen LogP contribution in [0.4, 0.5) is 5.69 Å². The molecule has 0 bridgehead atoms. The number of fused-ring (bicyclic) bond motifs is 1. The van der Waals surface area contributed by atoms with E-state index in [0.717, 1.165) is 40.9 Å². The monoisotopic (exact) mass is 420 g/mol. The summed E-state index contributed by atoms with van der Waals surface area (Å²) in [5, 5.41) is 7.71. The van der Waals surface area contributed by atoms with Crippen molar-refractivity contribution in [1.82, 2.24) is 14.8 Å². The standard InChI is InChI=1S/C26H20N4O2/c31-25(23-16-22(17-10-11-17)29-30(23)20-6-2-1-3-7-20)27-19-14-12-18(13-15-19)26-28-21-8-4-5-9-24(21)32-26/h1-9,12-17H,10-11H2,(H,27,31). The molecule has 0 aliphatic heterocycles. The predicted molar refractivity (Wildman–Crippen MR) is 123 cm³/mol. The van der Waals surface area contributed by atoms with Crippen molar-refractivity contribution in [3.8, 4) is 17.1 Å². The SMILES string of the molecule is O=C(Nc1ccc(-c2nc3ccccc3o2)cc1)c1cc(C2CC2)nn1-c1ccccc1. The molecule has 1 amide bonds. The molecule has 2 aromatic heterocycles. The van der Waals surface area contributed by atoms with Gasteiger partial charge in [-0.05, 0) is 67.4 Å². The summed E-state index contributed by atoms with van der Waals surface area (Å²) in [7, 11) is 0. The van der Waals surface area contributed by atoms with Gasteiger partial charge in [-0.25, -0.2) is 9.67 Å². The van der Waals surface area contributed by atoms with E-state index in [1.807, 2.05) is 84.9 Å². The van der Waals surface area contributed by atoms with Crippen LogP contribution in [0.25, 0.3) is 28.2 Å². The molecule has 6 nitrogen and oxygen atoms in total. The van der Waals surface area contributed by atoms with E-state index in [4.69, 9.17) is 9.52 Å². The van der Waals surface area contributed by atoms with Crippen LogP contribution in [0.1, 0.15) is 34.9 Å². The molecule has 6 rings (SSSR count). The first-order valence-corrected chi connectivity index (χ1v) is 10.7. The Bertz CT molecular complexity index is 1380. The number of aromatic nitrogens is 3. The Morgan fingerprint density at radius 1 is 0.938 bits per heavy atom. The van der Waals surface area contributed by atoms with Gasteiger partial charge >= 0.3 is 0 Å². The van der Waals surface area contributed by atoms with E-state index in [1.165, 1.54) is 0 Å². The van der Waals surface area contributed by atoms with Crippen LogP contribution in [-0.2, 0) is 0 Å². The van der Waals surface area contributed by atoms with Crippen molar-refractivity contribution in [1.29, 1.82) is 0 Å². The highest BCUT2D eigenvalue weighted by molar-refractivity contribution is 6.03. The molecule has 6 heteroatoms. The number of para-hydroxylation sites is 3. The van der Waals surface area contributed by atoms with Crippen LogP contribution in [0, 0.1) is 0 Å². The lowest BCUT2D eigenvalue weighted by atomic mass is 10.2. The number of benzene rings is 3. The third kappa shape index (κ3) is 3.46. The van der Waals surface area contributed by atoms with Crippen molar-refractivity contribution < 1.29 is 9.21 Å². The first-order valence-electron chi connectivity index (χ1n) is 10.7. The van der Waals surface area contributed by atoms with Crippen molar-refractivity contribution >= 4 is 22.7 Å². The molecule has 1 aliphatic carbocycles. The average Bonchev–Trinajstić information content (AvgIpc) is 3.43. The minimum absolute atomic E-state index is 0.192. The molecule has 1 aliphatic rings. The van der Waals surface area contributed by atoms with Gasteiger partial charge < -0.3 is 9.73 Å². The second kappa shape index (κ2) is 7.50. The number of anilines is 1. The molecule has 0 spiro atoms. The number of carbonyl (C=O) groups is 1. The second-order valence-corrected chi connectivity index (χ2v) is 7.99. The summed E-state index contributed by atoms with van der Waals surface area (Å²) in [6.45, 7) is 0. The molecular formula is C26H20N4O2. The molecule has 0 atom stereocenters. The van der Waals surface area contributed by atoms with Gasteiger partial charge in [0.1, 0.15) is 11.2 Å². The number of carbonyl (C=O) groups excluding carboxylic acids is 1. The van der Waals surface area contributed by atoms with Gasteiger partial charge in [-0.1, -0.05) is 30.3 Å². The highest BCUT2D eigenvalue weighted by atomic mass is 16.3. The molecule has 3 aromatic carbocycles. The number of amides is 1. The van der Waals surface area contributed by atoms with Crippen molar-refractivity contribution in [3.05, 3.63) is 96.3 Å². The van der Waals surface area contributed by atoms with Crippen molar-refractivity contribution in [3.63, 3.8) is 0 Å². The number of hydrogen-bond donors (Lipinski definition) is 1. The lowest BCUT2D eigenvalue weighted by Gasteiger charge is -2.08. The van der Waals surface area contributed by atoms with Gasteiger partial charge in [0.05, 0.1) is 11.4 Å². The third-order valence-corrected chi connectivity index (χ3v) is 5.64. The summed E-state index contributed by atoms with van der Waals surface area (Å²) in [5.74, 6) is 0.824. The number of nitrogens with zero attached hydrogens (tertiary/aromatic N) is 3. The van der Waals surface area contributed by atoms with Crippen LogP contribution in [0.5, 0.6) is 0 Å². The zero-order chi connectivity index (χ0) is 21.5. The molecule has 0 unspecified atom stereocenters. The van der Waals surface area contributed by atoms with E-state index in [1.54, 1.807) is 4.68 Å². The lowest BCUT2D eigenvalue weighted by molar-refractivity contribution is 0.101. The van der Waals surface area contributed by atoms with Gasteiger partial charge in [0.25, 0.3) is 5.91 Å². The zero-order valence-corrected chi connectivity index (χ0v) is 17.2. The van der Waals surface area contributed by atoms with E-state index in [0.29, 0.717) is 23.2 Å². The number of nitrogens with one attached hydrogen (secondary N) is 1. The number of hydrogen-bond acceptors (Lipinski definition) is 4. The number of rotatable bonds is 5. The van der Waals surface area contributed by atoms with Crippen LogP contribution < -0.4 is 5.32 Å². The van der Waals surface area contributed by atoms with E-state index in [2.05, 4.69) is 10.3 Å². The Morgan fingerprint density at radius 3 is 2.44 bits per heavy atom. The minimum Gasteiger partial charge on any atom is -0.436 e. The summed E-state index contributed by atoms with van der Waals surface area (Å²) < 4.78 is 7.56. The lowest BCUT2D eigenvalue weighted by Crippen LogP contribution is -2.16. The van der Waals surface area contributed by atoms with Crippen LogP contribution in [-0.4, -0.2) is 20.7 Å². The van der Waals surface area contributed by atoms with Crippen molar-refractivity contribution in [2.24, 2.45) is 0 Å². The Hall–Kier alpha value is -4.19. The molecule has 32 heavy (non-hydrogen) atoms. The van der Waals surface area contributed by atoms with Gasteiger partial charge in [-0.15, -0.1) is 0 Å². The van der Waals surface area contributed by atoms with Crippen LogP contribution in [0.3, 0.4) is 0 Å². The minimum atomic E-state index is -0.192. The zero-order valence-electron chi connectivity index (χ0n) is 17.2. The van der Waals surface area contributed by atoms with Crippen molar-refractivity contribution in [2.75, 3.05) is 5.32 Å². The van der Waals surface area contributed by atoms with Crippen LogP contribution in [0.15, 0.2) is 89.3 Å². The molecule has 1 N–H and O–H groups in total. The normalized spacial score (nSPS) is 13.4. The highest BCUT2D eigenvalue weighted by Gasteiger charge is 2.29. The van der Waals surface area contributed by atoms with Gasteiger partial charge in [-0.2, -0.15) is 5.10 Å². The van der Waals surface area contributed by atoms with E-state index in [9.17, 15) is 4.79 Å². The van der Waals surface area contributed by atoms with Gasteiger partial charge in [0, 0.05) is 17.2 Å². The Labute approximate surface area is 184 Å². The topological polar surface area (TPSA) is 73.0 Å². The molecule has 2 heterocycles. The second-order valence-electron chi connectivity index (χ2n) is 7.99. The summed E-state index contributed by atoms with van der Waals surface area (Å²) in [5.41, 5.74) is 5.50. The smallest absolute Gasteiger partial charge is 0.274 e. The van der Waals surface area contributed by atoms with Gasteiger partial charge in [-0.3, -0.25) is 4.79 Å². The fourth-order valence-corrected chi connectivity index (χ4v) is 3.79. The molecule has 1 fully saturated rings. The highest BCUT2D eigenvalue weighted by Crippen LogP contribution is 2.39. The first-order chi connectivity index (χ1) is 15.7. The quantitative estimate of drug-likeness (QED) is 0.389. The Morgan fingerprint density at radius 2 is 1.69 bits per heavy atom. The fraction of sp³-hybridized carbons (Fsp3) is 0.115. The first kappa shape index (κ1) is 18.6. The maximum absolute atomic E-state index is 13.1. The van der Waals surface area contributed by atoms with Crippen LogP contribution >= 0.6 is 0 Å². The molecule has 0 saturated heterocycles. The Kier molecular flexibility index (Phi) is 4.35. The van der Waals surface area contributed by atoms with Crippen molar-refractivity contribution in [2.45, 2.75) is 18.8 Å². The predicted octanol–water partition coefficient (Wildman–Crippen LogP) is 5.81. The molecule has 0 radical (unpaired) electrons. The van der Waals surface area contributed by atoms with E-state index < -0.39 is 0 Å². The summed E-state index contributed by atoms with van der Waals surface area (Å²) in [6, 6.07) is 26.8. The van der Waals surface area contributed by atoms with Gasteiger partial charge in [0.15, 0.2) is 5.58 Å². The van der Waals surface area contributed by atoms with E-state index >= 15 is 0 Å². The van der Waals surface area contributed by atoms with Crippen LogP contribution in [0.2, 0.25) is 0 Å². The summed E-state index contributed by atoms with van der Waals surface area (Å²) >= 11 is 0.